The first-order valence-electron chi connectivity index (χ1n) is 6.27. The van der Waals surface area contributed by atoms with E-state index in [2.05, 4.69) is 37.1 Å². The second-order valence-electron chi connectivity index (χ2n) is 5.17. The number of fused-ring (bicyclic) bond motifs is 1. The largest absolute Gasteiger partial charge is 0.353 e. The monoisotopic (exact) mass is 265 g/mol. The first-order valence-corrected chi connectivity index (χ1v) is 6.80. The maximum absolute atomic E-state index is 6.10. The molecule has 0 amide bonds. The fraction of sp³-hybridized carbons (Fsp3) is 0.500. The fourth-order valence-corrected chi connectivity index (χ4v) is 2.20. The van der Waals surface area contributed by atoms with Gasteiger partial charge in [0.15, 0.2) is 5.82 Å². The van der Waals surface area contributed by atoms with E-state index in [1.165, 1.54) is 0 Å². The lowest BCUT2D eigenvalue weighted by Crippen LogP contribution is -2.41. The molecule has 0 aromatic carbocycles. The molecule has 3 nitrogen and oxygen atoms in total. The van der Waals surface area contributed by atoms with E-state index < -0.39 is 0 Å². The zero-order chi connectivity index (χ0) is 13.3. The van der Waals surface area contributed by atoms with Crippen LogP contribution in [0, 0.1) is 0 Å². The van der Waals surface area contributed by atoms with Crippen molar-refractivity contribution in [3.63, 3.8) is 0 Å². The van der Waals surface area contributed by atoms with Crippen LogP contribution in [-0.4, -0.2) is 22.0 Å². The van der Waals surface area contributed by atoms with Crippen LogP contribution in [-0.2, 0) is 5.88 Å². The zero-order valence-electron chi connectivity index (χ0n) is 11.4. The van der Waals surface area contributed by atoms with Gasteiger partial charge in [0, 0.05) is 18.8 Å². The highest BCUT2D eigenvalue weighted by Gasteiger charge is 2.26. The van der Waals surface area contributed by atoms with Crippen LogP contribution in [0.15, 0.2) is 24.4 Å². The minimum absolute atomic E-state index is 0.0682. The van der Waals surface area contributed by atoms with E-state index in [0.717, 1.165) is 23.6 Å². The Morgan fingerprint density at radius 1 is 1.39 bits per heavy atom. The van der Waals surface area contributed by atoms with Crippen molar-refractivity contribution in [2.75, 3.05) is 11.9 Å². The van der Waals surface area contributed by atoms with Gasteiger partial charge in [-0.1, -0.05) is 13.0 Å². The second kappa shape index (κ2) is 4.81. The van der Waals surface area contributed by atoms with Crippen LogP contribution >= 0.6 is 11.6 Å². The maximum Gasteiger partial charge on any atom is 0.152 e. The lowest BCUT2D eigenvalue weighted by Gasteiger charge is -2.35. The van der Waals surface area contributed by atoms with E-state index in [1.807, 2.05) is 24.4 Å². The molecule has 0 aliphatic carbocycles. The summed E-state index contributed by atoms with van der Waals surface area (Å²) >= 11 is 6.10. The first-order chi connectivity index (χ1) is 8.51. The minimum Gasteiger partial charge on any atom is -0.353 e. The van der Waals surface area contributed by atoms with Crippen molar-refractivity contribution in [2.45, 2.75) is 38.6 Å². The highest BCUT2D eigenvalue weighted by Crippen LogP contribution is 2.29. The predicted molar refractivity (Wildman–Crippen MR) is 77.5 cm³/mol. The van der Waals surface area contributed by atoms with Gasteiger partial charge in [0.2, 0.25) is 0 Å². The number of hydrogen-bond acceptors (Lipinski definition) is 2. The quantitative estimate of drug-likeness (QED) is 0.786. The highest BCUT2D eigenvalue weighted by atomic mass is 35.5. The Kier molecular flexibility index (Phi) is 3.53. The van der Waals surface area contributed by atoms with E-state index in [4.69, 9.17) is 16.6 Å². The molecule has 0 radical (unpaired) electrons. The van der Waals surface area contributed by atoms with Crippen molar-refractivity contribution >= 4 is 23.1 Å². The Bertz CT molecular complexity index is 545. The molecule has 0 N–H and O–H groups in total. The Balaban J connectivity index is 2.57. The summed E-state index contributed by atoms with van der Waals surface area (Å²) in [5, 5.41) is 0. The molecule has 0 saturated heterocycles. The van der Waals surface area contributed by atoms with Gasteiger partial charge in [-0.2, -0.15) is 0 Å². The number of alkyl halides is 1. The summed E-state index contributed by atoms with van der Waals surface area (Å²) in [7, 11) is 2.08. The summed E-state index contributed by atoms with van der Waals surface area (Å²) in [6, 6.07) is 6.00. The topological polar surface area (TPSA) is 20.5 Å². The van der Waals surface area contributed by atoms with Crippen LogP contribution < -0.4 is 4.90 Å². The van der Waals surface area contributed by atoms with Crippen molar-refractivity contribution < 1.29 is 0 Å². The second-order valence-corrected chi connectivity index (χ2v) is 5.44. The number of imidazole rings is 1. The molecular formula is C14H20ClN3. The molecule has 0 spiro atoms. The number of halogens is 1. The van der Waals surface area contributed by atoms with Crippen molar-refractivity contribution in [3.8, 4) is 0 Å². The molecule has 0 fully saturated rings. The third-order valence-electron chi connectivity index (χ3n) is 3.83. The number of nitrogens with zero attached hydrogens (tertiary/aromatic N) is 3. The summed E-state index contributed by atoms with van der Waals surface area (Å²) in [6.45, 7) is 6.62. The van der Waals surface area contributed by atoms with E-state index in [-0.39, 0.29) is 5.54 Å². The molecule has 18 heavy (non-hydrogen) atoms. The van der Waals surface area contributed by atoms with Gasteiger partial charge in [-0.25, -0.2) is 4.98 Å². The Hall–Kier alpha value is -1.22. The Labute approximate surface area is 113 Å². The molecule has 0 saturated carbocycles. The molecule has 0 atom stereocenters. The average Bonchev–Trinajstić information content (AvgIpc) is 2.75. The third kappa shape index (κ3) is 2.07. The molecule has 2 heterocycles. The van der Waals surface area contributed by atoms with Crippen LogP contribution in [0.2, 0.25) is 0 Å². The summed E-state index contributed by atoms with van der Waals surface area (Å²) in [4.78, 5) is 6.92. The highest BCUT2D eigenvalue weighted by molar-refractivity contribution is 6.17. The van der Waals surface area contributed by atoms with Gasteiger partial charge in [-0.3, -0.25) is 0 Å². The third-order valence-corrected chi connectivity index (χ3v) is 4.08. The lowest BCUT2D eigenvalue weighted by molar-refractivity contribution is 0.467. The van der Waals surface area contributed by atoms with Gasteiger partial charge in [0.05, 0.1) is 11.6 Å². The van der Waals surface area contributed by atoms with Crippen molar-refractivity contribution in [1.82, 2.24) is 9.38 Å². The number of hydrogen-bond donors (Lipinski definition) is 0. The summed E-state index contributed by atoms with van der Waals surface area (Å²) in [5.41, 5.74) is 2.07. The van der Waals surface area contributed by atoms with Gasteiger partial charge < -0.3 is 9.30 Å². The van der Waals surface area contributed by atoms with Crippen molar-refractivity contribution in [1.29, 1.82) is 0 Å². The fourth-order valence-electron chi connectivity index (χ4n) is 1.95. The Morgan fingerprint density at radius 2 is 2.11 bits per heavy atom. The molecule has 4 heteroatoms. The molecule has 2 aromatic rings. The molecule has 2 rings (SSSR count). The Morgan fingerprint density at radius 3 is 2.72 bits per heavy atom. The standard InChI is InChI=1S/C14H20ClN3/c1-5-14(2,3)17(4)13-11(10-15)18-9-7-6-8-12(18)16-13/h6-9H,5,10H2,1-4H3. The smallest absolute Gasteiger partial charge is 0.152 e. The van der Waals surface area contributed by atoms with Gasteiger partial charge >= 0.3 is 0 Å². The van der Waals surface area contributed by atoms with Gasteiger partial charge in [-0.05, 0) is 32.4 Å². The van der Waals surface area contributed by atoms with Crippen LogP contribution in [0.3, 0.4) is 0 Å². The zero-order valence-corrected chi connectivity index (χ0v) is 12.2. The normalized spacial score (nSPS) is 12.1. The van der Waals surface area contributed by atoms with Gasteiger partial charge in [-0.15, -0.1) is 11.6 Å². The lowest BCUT2D eigenvalue weighted by atomic mass is 10.00. The molecule has 0 aliphatic heterocycles. The van der Waals surface area contributed by atoms with E-state index >= 15 is 0 Å². The number of aromatic nitrogens is 2. The van der Waals surface area contributed by atoms with Crippen molar-refractivity contribution in [3.05, 3.63) is 30.1 Å². The van der Waals surface area contributed by atoms with Crippen LogP contribution in [0.4, 0.5) is 5.82 Å². The van der Waals surface area contributed by atoms with Crippen LogP contribution in [0.5, 0.6) is 0 Å². The molecule has 0 bridgehead atoms. The SMILES string of the molecule is CCC(C)(C)N(C)c1nc2ccccn2c1CCl. The average molecular weight is 266 g/mol. The predicted octanol–water partition coefficient (Wildman–Crippen LogP) is 3.70. The van der Waals surface area contributed by atoms with Crippen LogP contribution in [0.1, 0.15) is 32.9 Å². The number of anilines is 1. The number of rotatable bonds is 4. The van der Waals surface area contributed by atoms with Gasteiger partial charge in [0.25, 0.3) is 0 Å². The van der Waals surface area contributed by atoms with Crippen molar-refractivity contribution in [2.24, 2.45) is 0 Å². The summed E-state index contributed by atoms with van der Waals surface area (Å²) in [5.74, 6) is 1.44. The number of pyridine rings is 1. The molecule has 98 valence electrons. The van der Waals surface area contributed by atoms with E-state index in [9.17, 15) is 0 Å². The van der Waals surface area contributed by atoms with Crippen LogP contribution in [0.25, 0.3) is 5.65 Å². The molecule has 0 aliphatic rings. The van der Waals surface area contributed by atoms with E-state index in [1.54, 1.807) is 0 Å². The maximum atomic E-state index is 6.10. The van der Waals surface area contributed by atoms with E-state index in [0.29, 0.717) is 5.88 Å². The summed E-state index contributed by atoms with van der Waals surface area (Å²) < 4.78 is 2.06. The summed E-state index contributed by atoms with van der Waals surface area (Å²) in [6.07, 6.45) is 3.06. The molecule has 2 aromatic heterocycles. The minimum atomic E-state index is 0.0682. The molecular weight excluding hydrogens is 246 g/mol. The van der Waals surface area contributed by atoms with Gasteiger partial charge in [0.1, 0.15) is 5.65 Å². The first kappa shape index (κ1) is 13.2. The molecule has 0 unspecified atom stereocenters.